The van der Waals surface area contributed by atoms with Gasteiger partial charge >= 0.3 is 32.7 Å². The van der Waals surface area contributed by atoms with Gasteiger partial charge in [0.25, 0.3) is 0 Å². The second kappa shape index (κ2) is 36.4. The third-order valence-electron chi connectivity index (χ3n) is 1.43. The maximum atomic E-state index is 5.04. The van der Waals surface area contributed by atoms with Gasteiger partial charge in [0.15, 0.2) is 0 Å². The van der Waals surface area contributed by atoms with Crippen molar-refractivity contribution < 1.29 is 51.7 Å². The third-order valence-corrected chi connectivity index (χ3v) is 1.43. The van der Waals surface area contributed by atoms with Crippen molar-refractivity contribution in [2.45, 2.75) is 20.8 Å². The Morgan fingerprint density at radius 1 is 0.737 bits per heavy atom. The summed E-state index contributed by atoms with van der Waals surface area (Å²) in [6.45, 7) is 13.1. The quantitative estimate of drug-likeness (QED) is 0.447. The summed E-state index contributed by atoms with van der Waals surface area (Å²) in [6, 6.07) is 0. The first kappa shape index (κ1) is 28.2. The predicted molar refractivity (Wildman–Crippen MR) is 76.4 cm³/mol. The third kappa shape index (κ3) is 45.4. The Morgan fingerprint density at radius 3 is 1.26 bits per heavy atom. The van der Waals surface area contributed by atoms with E-state index in [-0.39, 0.29) is 32.7 Å². The summed E-state index contributed by atoms with van der Waals surface area (Å²) in [7, 11) is 3.33. The average molecular weight is 352 g/mol. The molecule has 0 aromatic rings. The van der Waals surface area contributed by atoms with Gasteiger partial charge in [-0.3, -0.25) is 0 Å². The van der Waals surface area contributed by atoms with Crippen LogP contribution in [0, 0.1) is 19.8 Å². The van der Waals surface area contributed by atoms with E-state index in [0.717, 1.165) is 13.2 Å². The molecule has 19 heavy (non-hydrogen) atoms. The Hall–Kier alpha value is 0.944. The molecule has 0 spiro atoms. The van der Waals surface area contributed by atoms with Crippen molar-refractivity contribution in [2.24, 2.45) is 0 Å². The molecule has 0 rings (SSSR count). The number of rotatable bonds is 10. The minimum Gasteiger partial charge on any atom is -0.411 e. The zero-order chi connectivity index (χ0) is 14.5. The molecule has 0 unspecified atom stereocenters. The van der Waals surface area contributed by atoms with Crippen molar-refractivity contribution in [3.63, 3.8) is 0 Å². The van der Waals surface area contributed by atoms with Crippen molar-refractivity contribution in [2.75, 3.05) is 53.9 Å². The van der Waals surface area contributed by atoms with Crippen LogP contribution in [-0.4, -0.2) is 53.9 Å². The molecular formula is C14H31O4Y. The molecule has 0 aromatic heterocycles. The van der Waals surface area contributed by atoms with Gasteiger partial charge in [-0.05, 0) is 0 Å². The molecule has 0 aliphatic carbocycles. The Labute approximate surface area is 145 Å². The van der Waals surface area contributed by atoms with Crippen LogP contribution >= 0.6 is 0 Å². The molecular weight excluding hydrogens is 321 g/mol. The Morgan fingerprint density at radius 2 is 1.05 bits per heavy atom. The van der Waals surface area contributed by atoms with E-state index in [1.54, 1.807) is 21.1 Å². The van der Waals surface area contributed by atoms with E-state index >= 15 is 0 Å². The van der Waals surface area contributed by atoms with Crippen molar-refractivity contribution in [3.05, 3.63) is 19.8 Å². The molecule has 114 valence electrons. The predicted octanol–water partition coefficient (Wildman–Crippen LogP) is 2.59. The number of ether oxygens (including phenoxy) is 4. The Balaban J connectivity index is -0.0000000999. The number of methoxy groups -OCH3 is 2. The smallest absolute Gasteiger partial charge is 0.411 e. The van der Waals surface area contributed by atoms with Crippen LogP contribution in [0.2, 0.25) is 0 Å². The van der Waals surface area contributed by atoms with E-state index in [2.05, 4.69) is 6.92 Å². The molecule has 0 radical (unpaired) electrons. The fraction of sp³-hybridized carbons (Fsp3) is 0.786. The van der Waals surface area contributed by atoms with E-state index in [0.29, 0.717) is 26.4 Å². The summed E-state index contributed by atoms with van der Waals surface area (Å²) in [6.07, 6.45) is 3.94. The van der Waals surface area contributed by atoms with Crippen molar-refractivity contribution in [1.82, 2.24) is 0 Å². The summed E-state index contributed by atoms with van der Waals surface area (Å²) in [4.78, 5) is 0. The minimum atomic E-state index is 0. The fourth-order valence-corrected chi connectivity index (χ4v) is 0.687. The molecule has 0 amide bonds. The van der Waals surface area contributed by atoms with Crippen molar-refractivity contribution in [3.8, 4) is 0 Å². The fourth-order valence-electron chi connectivity index (χ4n) is 0.687. The molecule has 0 aliphatic rings. The maximum absolute atomic E-state index is 5.04. The van der Waals surface area contributed by atoms with E-state index in [1.165, 1.54) is 0 Å². The molecule has 0 aromatic carbocycles. The molecule has 0 heterocycles. The van der Waals surface area contributed by atoms with Gasteiger partial charge in [-0.2, -0.15) is 20.8 Å². The number of hydrogen-bond acceptors (Lipinski definition) is 4. The second-order valence-electron chi connectivity index (χ2n) is 2.95. The van der Waals surface area contributed by atoms with Gasteiger partial charge in [0, 0.05) is 14.2 Å². The van der Waals surface area contributed by atoms with Crippen LogP contribution in [0.1, 0.15) is 20.8 Å². The molecule has 0 atom stereocenters. The largest absolute Gasteiger partial charge is 3.00 e. The molecule has 0 bridgehead atoms. The monoisotopic (exact) mass is 352 g/mol. The molecule has 0 N–H and O–H groups in total. The van der Waals surface area contributed by atoms with Crippen molar-refractivity contribution in [1.29, 1.82) is 0 Å². The minimum absolute atomic E-state index is 0. The molecule has 0 saturated carbocycles. The van der Waals surface area contributed by atoms with Crippen LogP contribution in [-0.2, 0) is 51.7 Å². The van der Waals surface area contributed by atoms with Gasteiger partial charge in [0.1, 0.15) is 0 Å². The molecule has 5 heteroatoms. The van der Waals surface area contributed by atoms with Crippen LogP contribution < -0.4 is 0 Å². The SMILES string of the molecule is C[CH-]COCCOC.C[CH-]COCCOC.[CH2-]C.[Y+3]. The summed E-state index contributed by atoms with van der Waals surface area (Å²) < 4.78 is 19.6. The van der Waals surface area contributed by atoms with Gasteiger partial charge in [0.2, 0.25) is 0 Å². The zero-order valence-electron chi connectivity index (χ0n) is 13.3. The number of hydrogen-bond donors (Lipinski definition) is 0. The van der Waals surface area contributed by atoms with Crippen molar-refractivity contribution >= 4 is 0 Å². The molecule has 0 fully saturated rings. The van der Waals surface area contributed by atoms with E-state index in [1.807, 2.05) is 26.7 Å². The first-order chi connectivity index (χ1) is 8.83. The summed E-state index contributed by atoms with van der Waals surface area (Å²) in [5.41, 5.74) is 0. The van der Waals surface area contributed by atoms with Crippen LogP contribution in [0.3, 0.4) is 0 Å². The standard InChI is InChI=1S/2C6H13O2.C2H5.Y/c2*1-3-4-8-6-5-7-2;1-2;/h2*3H,4-6H2,1-2H3;1H2,2H3;/q3*-1;+3. The van der Waals surface area contributed by atoms with Gasteiger partial charge in [-0.15, -0.1) is 0 Å². The first-order valence-electron chi connectivity index (χ1n) is 6.23. The van der Waals surface area contributed by atoms with Crippen LogP contribution in [0.25, 0.3) is 0 Å². The molecule has 4 nitrogen and oxygen atoms in total. The van der Waals surface area contributed by atoms with Crippen LogP contribution in [0.15, 0.2) is 0 Å². The van der Waals surface area contributed by atoms with Crippen LogP contribution in [0.5, 0.6) is 0 Å². The van der Waals surface area contributed by atoms with E-state index in [9.17, 15) is 0 Å². The Bertz CT molecular complexity index is 81.4. The topological polar surface area (TPSA) is 36.9 Å². The van der Waals surface area contributed by atoms with Gasteiger partial charge in [-0.25, -0.2) is 0 Å². The first-order valence-corrected chi connectivity index (χ1v) is 6.23. The van der Waals surface area contributed by atoms with Gasteiger partial charge in [-0.1, -0.05) is 13.2 Å². The molecule has 0 saturated heterocycles. The summed E-state index contributed by atoms with van der Waals surface area (Å²) in [5.74, 6) is 0. The Kier molecular flexibility index (Phi) is 53.9. The summed E-state index contributed by atoms with van der Waals surface area (Å²) in [5, 5.41) is 0. The van der Waals surface area contributed by atoms with E-state index < -0.39 is 0 Å². The zero-order valence-corrected chi connectivity index (χ0v) is 16.2. The van der Waals surface area contributed by atoms with Gasteiger partial charge < -0.3 is 38.7 Å². The van der Waals surface area contributed by atoms with Gasteiger partial charge in [0.05, 0.1) is 26.4 Å². The summed E-state index contributed by atoms with van der Waals surface area (Å²) >= 11 is 0. The van der Waals surface area contributed by atoms with E-state index in [4.69, 9.17) is 18.9 Å². The normalized spacial score (nSPS) is 8.53. The molecule has 0 aliphatic heterocycles. The van der Waals surface area contributed by atoms with Crippen LogP contribution in [0.4, 0.5) is 0 Å². The average Bonchev–Trinajstić information content (AvgIpc) is 2.43. The second-order valence-corrected chi connectivity index (χ2v) is 2.95. The maximum Gasteiger partial charge on any atom is 3.00 e.